The number of hydrogen-bond donors (Lipinski definition) is 1. The van der Waals surface area contributed by atoms with Gasteiger partial charge in [-0.2, -0.15) is 0 Å². The molecule has 0 spiro atoms. The summed E-state index contributed by atoms with van der Waals surface area (Å²) in [6.45, 7) is 9.68. The van der Waals surface area contributed by atoms with Gasteiger partial charge in [-0.15, -0.1) is 0 Å². The van der Waals surface area contributed by atoms with Crippen LogP contribution in [0.5, 0.6) is 11.5 Å². The summed E-state index contributed by atoms with van der Waals surface area (Å²) in [5, 5.41) is 2.99. The van der Waals surface area contributed by atoms with E-state index in [1.165, 1.54) is 0 Å². The molecule has 1 aromatic rings. The molecule has 1 heterocycles. The summed E-state index contributed by atoms with van der Waals surface area (Å²) in [7, 11) is 0. The van der Waals surface area contributed by atoms with Gasteiger partial charge in [-0.25, -0.2) is 0 Å². The number of fused-ring (bicyclic) bond motifs is 1. The van der Waals surface area contributed by atoms with Crippen LogP contribution >= 0.6 is 0 Å². The van der Waals surface area contributed by atoms with Crippen molar-refractivity contribution in [2.45, 2.75) is 27.7 Å². The summed E-state index contributed by atoms with van der Waals surface area (Å²) in [6, 6.07) is 5.52. The van der Waals surface area contributed by atoms with Crippen LogP contribution in [-0.4, -0.2) is 19.1 Å². The summed E-state index contributed by atoms with van der Waals surface area (Å²) in [5.74, 6) is 1.56. The lowest BCUT2D eigenvalue weighted by atomic mass is 10.0. The van der Waals surface area contributed by atoms with Crippen LogP contribution in [-0.2, 0) is 4.79 Å². The van der Waals surface area contributed by atoms with Crippen LogP contribution in [0.4, 0.5) is 5.69 Å². The van der Waals surface area contributed by atoms with Crippen LogP contribution in [0.15, 0.2) is 18.2 Å². The highest BCUT2D eigenvalue weighted by Crippen LogP contribution is 2.68. The molecule has 0 unspecified atom stereocenters. The number of amides is 1. The number of benzene rings is 1. The van der Waals surface area contributed by atoms with E-state index in [4.69, 9.17) is 9.47 Å². The summed E-state index contributed by atoms with van der Waals surface area (Å²) in [4.78, 5) is 12.4. The smallest absolute Gasteiger partial charge is 0.228 e. The van der Waals surface area contributed by atoms with Crippen molar-refractivity contribution in [3.63, 3.8) is 0 Å². The maximum absolute atomic E-state index is 12.4. The number of hydrogen-bond acceptors (Lipinski definition) is 3. The summed E-state index contributed by atoms with van der Waals surface area (Å²) in [5.41, 5.74) is 0.855. The normalized spacial score (nSPS) is 22.2. The topological polar surface area (TPSA) is 47.6 Å². The molecule has 3 rings (SSSR count). The van der Waals surface area contributed by atoms with E-state index < -0.39 is 0 Å². The Kier molecular flexibility index (Phi) is 2.75. The van der Waals surface area contributed by atoms with Gasteiger partial charge in [-0.1, -0.05) is 27.7 Å². The van der Waals surface area contributed by atoms with E-state index in [0.717, 1.165) is 11.4 Å². The molecule has 20 heavy (non-hydrogen) atoms. The number of anilines is 1. The van der Waals surface area contributed by atoms with Crippen molar-refractivity contribution in [2.24, 2.45) is 16.7 Å². The lowest BCUT2D eigenvalue weighted by molar-refractivity contribution is -0.118. The number of carbonyl (C=O) groups is 1. The van der Waals surface area contributed by atoms with E-state index in [-0.39, 0.29) is 22.7 Å². The first-order chi connectivity index (χ1) is 9.34. The monoisotopic (exact) mass is 275 g/mol. The molecule has 108 valence electrons. The maximum Gasteiger partial charge on any atom is 0.228 e. The second-order valence-electron chi connectivity index (χ2n) is 6.72. The Morgan fingerprint density at radius 2 is 1.70 bits per heavy atom. The zero-order valence-corrected chi connectivity index (χ0v) is 12.4. The molecule has 1 aromatic carbocycles. The first kappa shape index (κ1) is 13.3. The molecule has 1 N–H and O–H groups in total. The van der Waals surface area contributed by atoms with Crippen LogP contribution in [0.3, 0.4) is 0 Å². The van der Waals surface area contributed by atoms with Gasteiger partial charge in [0.05, 0.1) is 0 Å². The van der Waals surface area contributed by atoms with Crippen LogP contribution in [0.1, 0.15) is 27.7 Å². The highest BCUT2D eigenvalue weighted by atomic mass is 16.6. The molecular formula is C16H21NO3. The third-order valence-electron chi connectivity index (χ3n) is 5.09. The minimum absolute atomic E-state index is 0.0446. The molecule has 1 saturated carbocycles. The van der Waals surface area contributed by atoms with Gasteiger partial charge < -0.3 is 14.8 Å². The molecule has 2 aliphatic rings. The molecule has 1 aliphatic heterocycles. The second-order valence-corrected chi connectivity index (χ2v) is 6.72. The van der Waals surface area contributed by atoms with Crippen molar-refractivity contribution in [3.05, 3.63) is 18.2 Å². The lowest BCUT2D eigenvalue weighted by Crippen LogP contribution is -2.19. The van der Waals surface area contributed by atoms with Gasteiger partial charge in [0.1, 0.15) is 13.2 Å². The molecule has 1 aliphatic carbocycles. The average molecular weight is 275 g/mol. The zero-order valence-electron chi connectivity index (χ0n) is 12.4. The molecule has 1 fully saturated rings. The Bertz CT molecular complexity index is 549. The Labute approximate surface area is 119 Å². The van der Waals surface area contributed by atoms with E-state index in [1.807, 2.05) is 18.2 Å². The van der Waals surface area contributed by atoms with Gasteiger partial charge in [0.25, 0.3) is 0 Å². The Balaban J connectivity index is 1.74. The molecule has 0 radical (unpaired) electrons. The fraction of sp³-hybridized carbons (Fsp3) is 0.562. The van der Waals surface area contributed by atoms with E-state index in [9.17, 15) is 4.79 Å². The number of rotatable bonds is 2. The van der Waals surface area contributed by atoms with Crippen molar-refractivity contribution >= 4 is 11.6 Å². The van der Waals surface area contributed by atoms with Crippen molar-refractivity contribution in [1.29, 1.82) is 0 Å². The largest absolute Gasteiger partial charge is 0.486 e. The third kappa shape index (κ3) is 1.86. The first-order valence-electron chi connectivity index (χ1n) is 7.04. The average Bonchev–Trinajstić information content (AvgIpc) is 2.79. The number of carbonyl (C=O) groups excluding carboxylic acids is 1. The summed E-state index contributed by atoms with van der Waals surface area (Å²) >= 11 is 0. The number of ether oxygens (including phenoxy) is 2. The van der Waals surface area contributed by atoms with E-state index >= 15 is 0 Å². The fourth-order valence-corrected chi connectivity index (χ4v) is 3.19. The molecular weight excluding hydrogens is 254 g/mol. The SMILES string of the molecule is CC1(C)C(C(=O)Nc2ccc3c(c2)OCCO3)C1(C)C. The van der Waals surface area contributed by atoms with Crippen LogP contribution in [0.2, 0.25) is 0 Å². The standard InChI is InChI=1S/C16H21NO3/c1-15(2)13(16(15,3)4)14(18)17-10-5-6-11-12(9-10)20-8-7-19-11/h5-6,9,13H,7-8H2,1-4H3,(H,17,18). The minimum atomic E-state index is 0.0446. The predicted molar refractivity (Wildman–Crippen MR) is 77.1 cm³/mol. The Morgan fingerprint density at radius 3 is 2.30 bits per heavy atom. The van der Waals surface area contributed by atoms with Gasteiger partial charge in [0.15, 0.2) is 11.5 Å². The maximum atomic E-state index is 12.4. The van der Waals surface area contributed by atoms with E-state index in [1.54, 1.807) is 0 Å². The molecule has 0 saturated heterocycles. The van der Waals surface area contributed by atoms with Gasteiger partial charge >= 0.3 is 0 Å². The van der Waals surface area contributed by atoms with Crippen LogP contribution in [0.25, 0.3) is 0 Å². The molecule has 4 nitrogen and oxygen atoms in total. The highest BCUT2D eigenvalue weighted by molar-refractivity contribution is 5.96. The molecule has 0 aromatic heterocycles. The first-order valence-corrected chi connectivity index (χ1v) is 7.04. The zero-order chi connectivity index (χ0) is 14.5. The summed E-state index contributed by atoms with van der Waals surface area (Å²) in [6.07, 6.45) is 0. The lowest BCUT2D eigenvalue weighted by Gasteiger charge is -2.19. The highest BCUT2D eigenvalue weighted by Gasteiger charge is 2.68. The quantitative estimate of drug-likeness (QED) is 0.902. The van der Waals surface area contributed by atoms with Gasteiger partial charge in [-0.3, -0.25) is 4.79 Å². The Hall–Kier alpha value is -1.71. The fourth-order valence-electron chi connectivity index (χ4n) is 3.19. The van der Waals surface area contributed by atoms with Crippen molar-refractivity contribution in [1.82, 2.24) is 0 Å². The molecule has 0 atom stereocenters. The van der Waals surface area contributed by atoms with Gasteiger partial charge in [0, 0.05) is 17.7 Å². The van der Waals surface area contributed by atoms with Crippen molar-refractivity contribution in [3.8, 4) is 11.5 Å². The Morgan fingerprint density at radius 1 is 1.10 bits per heavy atom. The van der Waals surface area contributed by atoms with Crippen LogP contribution < -0.4 is 14.8 Å². The second kappa shape index (κ2) is 4.14. The van der Waals surface area contributed by atoms with E-state index in [2.05, 4.69) is 33.0 Å². The van der Waals surface area contributed by atoms with Crippen molar-refractivity contribution in [2.75, 3.05) is 18.5 Å². The molecule has 1 amide bonds. The van der Waals surface area contributed by atoms with Crippen LogP contribution in [0, 0.1) is 16.7 Å². The predicted octanol–water partition coefficient (Wildman–Crippen LogP) is 3.08. The minimum Gasteiger partial charge on any atom is -0.486 e. The number of nitrogens with one attached hydrogen (secondary N) is 1. The third-order valence-corrected chi connectivity index (χ3v) is 5.09. The van der Waals surface area contributed by atoms with E-state index in [0.29, 0.717) is 19.0 Å². The molecule has 0 bridgehead atoms. The van der Waals surface area contributed by atoms with Gasteiger partial charge in [-0.05, 0) is 23.0 Å². The summed E-state index contributed by atoms with van der Waals surface area (Å²) < 4.78 is 11.0. The molecule has 4 heteroatoms. The van der Waals surface area contributed by atoms with Gasteiger partial charge in [0.2, 0.25) is 5.91 Å². The van der Waals surface area contributed by atoms with Crippen molar-refractivity contribution < 1.29 is 14.3 Å².